The van der Waals surface area contributed by atoms with Gasteiger partial charge in [-0.2, -0.15) is 0 Å². The van der Waals surface area contributed by atoms with Crippen LogP contribution < -0.4 is 34.2 Å². The molecule has 7 heteroatoms. The van der Waals surface area contributed by atoms with Crippen LogP contribution in [0.25, 0.3) is 0 Å². The van der Waals surface area contributed by atoms with E-state index in [-0.39, 0.29) is 29.6 Å². The Kier molecular flexibility index (Phi) is 19.8. The van der Waals surface area contributed by atoms with Gasteiger partial charge >= 0.3 is 41.5 Å². The molecule has 0 fully saturated rings. The first-order valence-electron chi connectivity index (χ1n) is 1.26. The number of carbonyl (C=O) groups is 2. The maximum Gasteiger partial charge on any atom is 1.00 e. The van der Waals surface area contributed by atoms with E-state index in [4.69, 9.17) is 24.5 Å². The monoisotopic (exact) mass is 164 g/mol. The van der Waals surface area contributed by atoms with Crippen LogP contribution in [-0.4, -0.2) is 22.2 Å². The summed E-state index contributed by atoms with van der Waals surface area (Å²) in [5.74, 6) is -3.65. The van der Waals surface area contributed by atoms with Crippen LogP contribution in [0.5, 0.6) is 0 Å². The first-order chi connectivity index (χ1) is 3.64. The second-order valence-corrected chi connectivity index (χ2v) is 0.610. The summed E-state index contributed by atoms with van der Waals surface area (Å²) in [5, 5.41) is 14.8. The first kappa shape index (κ1) is 16.1. The summed E-state index contributed by atoms with van der Waals surface area (Å²) < 4.78 is 7.72. The maximum atomic E-state index is 9.10. The molecule has 0 aliphatic rings. The average molecular weight is 164 g/mol. The van der Waals surface area contributed by atoms with Gasteiger partial charge in [0.1, 0.15) is 0 Å². The molecule has 0 atom stereocenters. The summed E-state index contributed by atoms with van der Waals surface area (Å²) in [6.07, 6.45) is 0. The second-order valence-electron chi connectivity index (χ2n) is 0.610. The minimum Gasteiger partial charge on any atom is -0.769 e. The topological polar surface area (TPSA) is 97.7 Å². The molecule has 0 unspecified atom stereocenters. The molecule has 0 saturated heterocycles. The number of carboxylic acid groups (broad SMARTS) is 2. The average Bonchev–Trinajstić information content (AvgIpc) is 1.72. The standard InChI is InChI=1S/C2H2O4.ClO.Na/c3-1(4)2(5)6;1-2;/h(H,3,4)(H,5,6);;/q;-1;+1. The van der Waals surface area contributed by atoms with Gasteiger partial charge in [-0.3, -0.25) is 0 Å². The Balaban J connectivity index is -0.000000109. The van der Waals surface area contributed by atoms with Crippen molar-refractivity contribution in [2.75, 3.05) is 0 Å². The molecule has 0 radical (unpaired) electrons. The third kappa shape index (κ3) is 17.9. The molecule has 0 saturated carbocycles. The van der Waals surface area contributed by atoms with E-state index in [1.165, 1.54) is 0 Å². The fraction of sp³-hybridized carbons (Fsp3) is 0. The van der Waals surface area contributed by atoms with Gasteiger partial charge in [0.05, 0.1) is 0 Å². The molecule has 0 aliphatic heterocycles. The van der Waals surface area contributed by atoms with Crippen molar-refractivity contribution in [3.8, 4) is 0 Å². The molecule has 0 spiro atoms. The zero-order chi connectivity index (χ0) is 7.15. The van der Waals surface area contributed by atoms with Gasteiger partial charge in [0, 0.05) is 0 Å². The number of hydrogen-bond acceptors (Lipinski definition) is 3. The van der Waals surface area contributed by atoms with Crippen LogP contribution in [0.15, 0.2) is 0 Å². The molecule has 0 aliphatic carbocycles. The van der Waals surface area contributed by atoms with Crippen molar-refractivity contribution in [3.05, 3.63) is 0 Å². The summed E-state index contributed by atoms with van der Waals surface area (Å²) in [4.78, 5) is 18.2. The zero-order valence-electron chi connectivity index (χ0n) is 4.50. The molecule has 0 amide bonds. The van der Waals surface area contributed by atoms with Crippen molar-refractivity contribution in [1.82, 2.24) is 0 Å². The SMILES string of the molecule is O=C(O)C(=O)O.[Na+].[O-]Cl. The summed E-state index contributed by atoms with van der Waals surface area (Å²) in [7, 11) is 0. The Morgan fingerprint density at radius 1 is 1.11 bits per heavy atom. The van der Waals surface area contributed by atoms with Gasteiger partial charge < -0.3 is 14.9 Å². The van der Waals surface area contributed by atoms with Gasteiger partial charge in [0.25, 0.3) is 0 Å². The van der Waals surface area contributed by atoms with Crippen molar-refractivity contribution in [2.24, 2.45) is 0 Å². The quantitative estimate of drug-likeness (QED) is 0.279. The molecule has 5 nitrogen and oxygen atoms in total. The van der Waals surface area contributed by atoms with E-state index in [1.54, 1.807) is 0 Å². The summed E-state index contributed by atoms with van der Waals surface area (Å²) in [6, 6.07) is 0. The fourth-order valence-electron chi connectivity index (χ4n) is 0. The third-order valence-corrected chi connectivity index (χ3v) is 0.183. The van der Waals surface area contributed by atoms with Crippen LogP contribution in [0, 0.1) is 0 Å². The van der Waals surface area contributed by atoms with Crippen LogP contribution in [0.1, 0.15) is 0 Å². The molecule has 0 bridgehead atoms. The van der Waals surface area contributed by atoms with E-state index in [0.717, 1.165) is 0 Å². The molecule has 0 rings (SSSR count). The number of aliphatic carboxylic acids is 2. The van der Waals surface area contributed by atoms with E-state index in [9.17, 15) is 0 Å². The van der Waals surface area contributed by atoms with Crippen molar-refractivity contribution in [1.29, 1.82) is 0 Å². The Hall–Kier alpha value is 0.190. The first-order valence-corrected chi connectivity index (χ1v) is 1.57. The maximum absolute atomic E-state index is 9.10. The predicted molar refractivity (Wildman–Crippen MR) is 21.1 cm³/mol. The van der Waals surface area contributed by atoms with Crippen molar-refractivity contribution in [2.45, 2.75) is 0 Å². The Labute approximate surface area is 77.7 Å². The minimum absolute atomic E-state index is 0. The van der Waals surface area contributed by atoms with E-state index < -0.39 is 11.9 Å². The second kappa shape index (κ2) is 11.0. The van der Waals surface area contributed by atoms with Gasteiger partial charge in [-0.25, -0.2) is 21.5 Å². The van der Waals surface area contributed by atoms with Crippen LogP contribution in [0.3, 0.4) is 0 Å². The molecule has 0 aromatic rings. The molecule has 0 aromatic heterocycles. The fourth-order valence-corrected chi connectivity index (χ4v) is 0. The van der Waals surface area contributed by atoms with Gasteiger partial charge in [-0.1, -0.05) is 0 Å². The largest absolute Gasteiger partial charge is 1.00 e. The molecule has 48 valence electrons. The molecule has 0 aromatic carbocycles. The Bertz CT molecular complexity index is 81.0. The Morgan fingerprint density at radius 3 is 1.22 bits per heavy atom. The van der Waals surface area contributed by atoms with Gasteiger partial charge in [-0.15, -0.1) is 0 Å². The number of carboxylic acids is 2. The molecule has 9 heavy (non-hydrogen) atoms. The normalized spacial score (nSPS) is 5.56. The third-order valence-electron chi connectivity index (χ3n) is 0.183. The molecular weight excluding hydrogens is 162 g/mol. The van der Waals surface area contributed by atoms with Crippen LogP contribution in [0.4, 0.5) is 0 Å². The summed E-state index contributed by atoms with van der Waals surface area (Å²) >= 11 is 3.39. The molecule has 0 heterocycles. The number of rotatable bonds is 0. The smallest absolute Gasteiger partial charge is 0.769 e. The van der Waals surface area contributed by atoms with Gasteiger partial charge in [-0.05, 0) is 0 Å². The Morgan fingerprint density at radius 2 is 1.22 bits per heavy atom. The van der Waals surface area contributed by atoms with Crippen molar-refractivity contribution >= 4 is 23.8 Å². The predicted octanol–water partition coefficient (Wildman–Crippen LogP) is -4.34. The molecule has 2 N–H and O–H groups in total. The van der Waals surface area contributed by atoms with Gasteiger partial charge in [0.15, 0.2) is 0 Å². The van der Waals surface area contributed by atoms with Crippen molar-refractivity contribution in [3.63, 3.8) is 0 Å². The molecular formula is C2H2ClNaO5. The van der Waals surface area contributed by atoms with E-state index in [2.05, 4.69) is 11.9 Å². The van der Waals surface area contributed by atoms with E-state index in [1.807, 2.05) is 0 Å². The van der Waals surface area contributed by atoms with Crippen molar-refractivity contribution < 1.29 is 54.0 Å². The van der Waals surface area contributed by atoms with Crippen LogP contribution in [0.2, 0.25) is 0 Å². The number of hydrogen-bond donors (Lipinski definition) is 2. The number of halogens is 1. The van der Waals surface area contributed by atoms with Gasteiger partial charge in [0.2, 0.25) is 0 Å². The van der Waals surface area contributed by atoms with E-state index >= 15 is 0 Å². The minimum atomic E-state index is -1.82. The van der Waals surface area contributed by atoms with Crippen LogP contribution in [-0.2, 0) is 9.59 Å². The van der Waals surface area contributed by atoms with Crippen LogP contribution >= 0.6 is 11.9 Å². The summed E-state index contributed by atoms with van der Waals surface area (Å²) in [5.41, 5.74) is 0. The van der Waals surface area contributed by atoms with E-state index in [0.29, 0.717) is 0 Å². The summed E-state index contributed by atoms with van der Waals surface area (Å²) in [6.45, 7) is 0. The zero-order valence-corrected chi connectivity index (χ0v) is 7.25.